The molecule has 2 heterocycles. The molecule has 4 rings (SSSR count). The lowest BCUT2D eigenvalue weighted by atomic mass is 10.0. The van der Waals surface area contributed by atoms with Crippen molar-refractivity contribution in [3.63, 3.8) is 0 Å². The predicted molar refractivity (Wildman–Crippen MR) is 103 cm³/mol. The van der Waals surface area contributed by atoms with Gasteiger partial charge in [0.15, 0.2) is 5.78 Å². The first-order valence-electron chi connectivity index (χ1n) is 8.05. The molecule has 1 N–H and O–H groups in total. The minimum atomic E-state index is -0.522. The van der Waals surface area contributed by atoms with Gasteiger partial charge in [-0.1, -0.05) is 35.9 Å². The Morgan fingerprint density at radius 1 is 1.07 bits per heavy atom. The second-order valence-corrected chi connectivity index (χ2v) is 6.40. The van der Waals surface area contributed by atoms with E-state index in [1.807, 2.05) is 18.2 Å². The fourth-order valence-electron chi connectivity index (χ4n) is 2.91. The van der Waals surface area contributed by atoms with Crippen molar-refractivity contribution in [2.24, 2.45) is 0 Å². The van der Waals surface area contributed by atoms with Crippen molar-refractivity contribution < 1.29 is 9.72 Å². The minimum Gasteiger partial charge on any atom is -0.345 e. The molecule has 0 saturated heterocycles. The largest absolute Gasteiger partial charge is 0.345 e. The van der Waals surface area contributed by atoms with Gasteiger partial charge in [-0.05, 0) is 23.8 Å². The maximum atomic E-state index is 12.9. The predicted octanol–water partition coefficient (Wildman–Crippen LogP) is 5.02. The van der Waals surface area contributed by atoms with Crippen LogP contribution >= 0.6 is 11.6 Å². The van der Waals surface area contributed by atoms with Crippen molar-refractivity contribution >= 4 is 34.1 Å². The van der Waals surface area contributed by atoms with Crippen LogP contribution < -0.4 is 0 Å². The monoisotopic (exact) mass is 377 g/mol. The lowest BCUT2D eigenvalue weighted by Crippen LogP contribution is -2.01. The van der Waals surface area contributed by atoms with Crippen LogP contribution in [0.5, 0.6) is 0 Å². The fraction of sp³-hybridized carbons (Fsp3) is 0. The minimum absolute atomic E-state index is 0.124. The van der Waals surface area contributed by atoms with Gasteiger partial charge in [-0.3, -0.25) is 14.9 Å². The molecule has 132 valence electrons. The summed E-state index contributed by atoms with van der Waals surface area (Å²) in [4.78, 5) is 30.7. The molecule has 0 radical (unpaired) electrons. The molecular formula is C20H12ClN3O3. The van der Waals surface area contributed by atoms with Gasteiger partial charge in [-0.15, -0.1) is 0 Å². The van der Waals surface area contributed by atoms with Gasteiger partial charge in [-0.2, -0.15) is 0 Å². The molecule has 6 nitrogen and oxygen atoms in total. The maximum absolute atomic E-state index is 12.9. The number of benzene rings is 2. The molecule has 2 aromatic heterocycles. The molecule has 0 saturated carbocycles. The summed E-state index contributed by atoms with van der Waals surface area (Å²) in [5, 5.41) is 12.3. The molecule has 0 amide bonds. The number of rotatable bonds is 4. The van der Waals surface area contributed by atoms with Crippen LogP contribution in [0.15, 0.2) is 67.0 Å². The number of carbonyl (C=O) groups excluding carboxylic acids is 1. The number of aromatic nitrogens is 2. The van der Waals surface area contributed by atoms with Crippen molar-refractivity contribution in [3.05, 3.63) is 93.3 Å². The van der Waals surface area contributed by atoms with Gasteiger partial charge in [0.05, 0.1) is 4.92 Å². The molecule has 0 aliphatic heterocycles. The number of hydrogen-bond donors (Lipinski definition) is 1. The molecule has 0 unspecified atom stereocenters. The van der Waals surface area contributed by atoms with Crippen LogP contribution in [-0.2, 0) is 0 Å². The van der Waals surface area contributed by atoms with Gasteiger partial charge in [-0.25, -0.2) is 4.98 Å². The zero-order valence-electron chi connectivity index (χ0n) is 13.8. The summed E-state index contributed by atoms with van der Waals surface area (Å²) in [7, 11) is 0. The highest BCUT2D eigenvalue weighted by atomic mass is 35.5. The van der Waals surface area contributed by atoms with Gasteiger partial charge in [0.25, 0.3) is 5.69 Å². The van der Waals surface area contributed by atoms with Crippen molar-refractivity contribution in [1.29, 1.82) is 0 Å². The first-order chi connectivity index (χ1) is 13.0. The Morgan fingerprint density at radius 3 is 2.59 bits per heavy atom. The third-order valence-electron chi connectivity index (χ3n) is 4.27. The number of nitro benzene ring substituents is 1. The smallest absolute Gasteiger partial charge is 0.270 e. The summed E-state index contributed by atoms with van der Waals surface area (Å²) in [6.45, 7) is 0. The van der Waals surface area contributed by atoms with Crippen molar-refractivity contribution in [2.75, 3.05) is 0 Å². The van der Waals surface area contributed by atoms with Gasteiger partial charge in [0.1, 0.15) is 5.65 Å². The third kappa shape index (κ3) is 3.18. The van der Waals surface area contributed by atoms with Crippen LogP contribution in [0.4, 0.5) is 5.69 Å². The Bertz CT molecular complexity index is 1180. The van der Waals surface area contributed by atoms with Crippen LogP contribution in [0.1, 0.15) is 15.9 Å². The van der Waals surface area contributed by atoms with E-state index in [2.05, 4.69) is 9.97 Å². The lowest BCUT2D eigenvalue weighted by Gasteiger charge is -2.04. The Hall–Kier alpha value is -3.51. The van der Waals surface area contributed by atoms with E-state index in [0.717, 1.165) is 11.1 Å². The number of nitrogens with one attached hydrogen (secondary N) is 1. The Kier molecular flexibility index (Phi) is 4.18. The quantitative estimate of drug-likeness (QED) is 0.307. The fourth-order valence-corrected chi connectivity index (χ4v) is 3.03. The summed E-state index contributed by atoms with van der Waals surface area (Å²) >= 11 is 5.93. The van der Waals surface area contributed by atoms with E-state index in [9.17, 15) is 14.9 Å². The lowest BCUT2D eigenvalue weighted by molar-refractivity contribution is -0.384. The standard InChI is InChI=1S/C20H12ClN3O3/c21-15-6-4-12(5-7-15)14-9-17-18(11-23-20(17)22-10-14)19(25)13-2-1-3-16(8-13)24(26)27/h1-11H,(H,22,23). The summed E-state index contributed by atoms with van der Waals surface area (Å²) in [5.41, 5.74) is 2.87. The van der Waals surface area contributed by atoms with Crippen LogP contribution in [0.2, 0.25) is 5.02 Å². The second-order valence-electron chi connectivity index (χ2n) is 5.97. The Balaban J connectivity index is 1.79. The Labute approximate surface area is 158 Å². The maximum Gasteiger partial charge on any atom is 0.270 e. The van der Waals surface area contributed by atoms with Crippen molar-refractivity contribution in [3.8, 4) is 11.1 Å². The van der Waals surface area contributed by atoms with Gasteiger partial charge >= 0.3 is 0 Å². The first-order valence-corrected chi connectivity index (χ1v) is 8.43. The average Bonchev–Trinajstić information content (AvgIpc) is 3.11. The molecule has 7 heteroatoms. The molecule has 0 atom stereocenters. The van der Waals surface area contributed by atoms with E-state index in [1.165, 1.54) is 18.2 Å². The number of nitro groups is 1. The number of carbonyl (C=O) groups is 1. The third-order valence-corrected chi connectivity index (χ3v) is 4.52. The van der Waals surface area contributed by atoms with Crippen LogP contribution in [0.25, 0.3) is 22.2 Å². The van der Waals surface area contributed by atoms with Gasteiger partial charge in [0.2, 0.25) is 0 Å². The number of nitrogens with zero attached hydrogens (tertiary/aromatic N) is 2. The molecule has 0 bridgehead atoms. The van der Waals surface area contributed by atoms with E-state index < -0.39 is 4.92 Å². The van der Waals surface area contributed by atoms with E-state index in [-0.39, 0.29) is 17.0 Å². The number of aromatic amines is 1. The summed E-state index contributed by atoms with van der Waals surface area (Å²) < 4.78 is 0. The van der Waals surface area contributed by atoms with Crippen molar-refractivity contribution in [2.45, 2.75) is 0 Å². The normalized spacial score (nSPS) is 10.9. The van der Waals surface area contributed by atoms with Crippen LogP contribution in [-0.4, -0.2) is 20.7 Å². The molecule has 0 fully saturated rings. The summed E-state index contributed by atoms with van der Waals surface area (Å²) in [6, 6.07) is 14.9. The zero-order valence-corrected chi connectivity index (χ0v) is 14.6. The number of non-ortho nitro benzene ring substituents is 1. The molecule has 0 aliphatic carbocycles. The molecule has 4 aromatic rings. The van der Waals surface area contributed by atoms with Crippen LogP contribution in [0, 0.1) is 10.1 Å². The molecular weight excluding hydrogens is 366 g/mol. The number of H-pyrrole nitrogens is 1. The number of halogens is 1. The van der Waals surface area contributed by atoms with Gasteiger partial charge in [0, 0.05) is 51.6 Å². The number of hydrogen-bond acceptors (Lipinski definition) is 4. The highest BCUT2D eigenvalue weighted by Gasteiger charge is 2.18. The number of pyridine rings is 1. The summed E-state index contributed by atoms with van der Waals surface area (Å²) in [6.07, 6.45) is 3.29. The first kappa shape index (κ1) is 16.9. The van der Waals surface area contributed by atoms with E-state index >= 15 is 0 Å². The number of fused-ring (bicyclic) bond motifs is 1. The van der Waals surface area contributed by atoms with Crippen molar-refractivity contribution in [1.82, 2.24) is 9.97 Å². The van der Waals surface area contributed by atoms with E-state index in [1.54, 1.807) is 30.6 Å². The van der Waals surface area contributed by atoms with Crippen LogP contribution in [0.3, 0.4) is 0 Å². The molecule has 0 aliphatic rings. The second kappa shape index (κ2) is 6.66. The average molecular weight is 378 g/mol. The molecule has 2 aromatic carbocycles. The Morgan fingerprint density at radius 2 is 1.85 bits per heavy atom. The molecule has 27 heavy (non-hydrogen) atoms. The number of ketones is 1. The highest BCUT2D eigenvalue weighted by molar-refractivity contribution is 6.30. The highest BCUT2D eigenvalue weighted by Crippen LogP contribution is 2.27. The SMILES string of the molecule is O=C(c1cccc([N+](=O)[O-])c1)c1c[nH]c2ncc(-c3ccc(Cl)cc3)cc12. The topological polar surface area (TPSA) is 88.9 Å². The summed E-state index contributed by atoms with van der Waals surface area (Å²) in [5.74, 6) is -0.306. The van der Waals surface area contributed by atoms with E-state index in [4.69, 9.17) is 11.6 Å². The van der Waals surface area contributed by atoms with Gasteiger partial charge < -0.3 is 4.98 Å². The van der Waals surface area contributed by atoms with E-state index in [0.29, 0.717) is 21.6 Å². The molecule has 0 spiro atoms. The zero-order chi connectivity index (χ0) is 19.0.